The van der Waals surface area contributed by atoms with Crippen LogP contribution in [0.3, 0.4) is 0 Å². The average Bonchev–Trinajstić information content (AvgIpc) is 2.93. The fourth-order valence-corrected chi connectivity index (χ4v) is 5.69. The minimum absolute atomic E-state index is 0.0762. The molecule has 2 aliphatic rings. The number of ketones is 1. The molecule has 38 heavy (non-hydrogen) atoms. The predicted molar refractivity (Wildman–Crippen MR) is 146 cm³/mol. The van der Waals surface area contributed by atoms with Gasteiger partial charge in [0.1, 0.15) is 16.5 Å². The van der Waals surface area contributed by atoms with E-state index in [-0.39, 0.29) is 39.7 Å². The fraction of sp³-hybridized carbons (Fsp3) is 0.385. The zero-order valence-corrected chi connectivity index (χ0v) is 23.4. The Morgan fingerprint density at radius 1 is 1.00 bits per heavy atom. The third-order valence-electron chi connectivity index (χ3n) is 6.23. The van der Waals surface area contributed by atoms with Gasteiger partial charge in [-0.25, -0.2) is 4.57 Å². The summed E-state index contributed by atoms with van der Waals surface area (Å²) in [7, 11) is -3.55. The van der Waals surface area contributed by atoms with E-state index in [2.05, 4.69) is 11.5 Å². The van der Waals surface area contributed by atoms with E-state index >= 15 is 0 Å². The molecule has 204 valence electrons. The van der Waals surface area contributed by atoms with Crippen molar-refractivity contribution in [2.24, 2.45) is 0 Å². The van der Waals surface area contributed by atoms with Crippen LogP contribution in [-0.4, -0.2) is 62.6 Å². The van der Waals surface area contributed by atoms with Crippen molar-refractivity contribution in [3.8, 4) is 11.5 Å². The molecule has 12 heteroatoms. The third kappa shape index (κ3) is 6.71. The molecule has 2 saturated heterocycles. The van der Waals surface area contributed by atoms with Gasteiger partial charge in [-0.3, -0.25) is 18.6 Å². The molecule has 2 fully saturated rings. The predicted octanol–water partition coefficient (Wildman–Crippen LogP) is 5.79. The van der Waals surface area contributed by atoms with Gasteiger partial charge in [0, 0.05) is 37.4 Å². The molecule has 0 atom stereocenters. The Labute approximate surface area is 231 Å². The van der Waals surface area contributed by atoms with Crippen LogP contribution in [-0.2, 0) is 18.4 Å². The van der Waals surface area contributed by atoms with Crippen LogP contribution in [0.25, 0.3) is 0 Å². The summed E-state index contributed by atoms with van der Waals surface area (Å²) in [6.45, 7) is 8.33. The number of ether oxygens (including phenoxy) is 1. The molecular weight excluding hydrogens is 554 g/mol. The number of carbonyl (C=O) groups excluding carboxylic acids is 2. The minimum Gasteiger partial charge on any atom is -0.482 e. The van der Waals surface area contributed by atoms with Gasteiger partial charge in [0.15, 0.2) is 12.4 Å². The van der Waals surface area contributed by atoms with Gasteiger partial charge >= 0.3 is 7.82 Å². The molecule has 0 N–H and O–H groups in total. The Balaban J connectivity index is 1.27. The lowest BCUT2D eigenvalue weighted by Crippen LogP contribution is -2.50. The fourth-order valence-electron chi connectivity index (χ4n) is 3.96. The minimum atomic E-state index is -3.55. The summed E-state index contributed by atoms with van der Waals surface area (Å²) in [5, 5.41) is 0.158. The summed E-state index contributed by atoms with van der Waals surface area (Å²) in [6, 6.07) is 10.2. The topological polar surface area (TPSA) is 94.6 Å². The van der Waals surface area contributed by atoms with Crippen LogP contribution in [0.2, 0.25) is 10.0 Å². The molecule has 2 aromatic carbocycles. The van der Waals surface area contributed by atoms with Gasteiger partial charge in [-0.2, -0.15) is 0 Å². The molecule has 0 saturated carbocycles. The number of hydrogen-bond acceptors (Lipinski definition) is 8. The lowest BCUT2D eigenvalue weighted by atomic mass is 10.0. The standard InChI is InChI=1S/C26H29Cl2N2O7P/c1-3-18(2)26(32)21-9-10-22(25(28)24(21)27)34-17-23(31)30-13-11-29(12-14-30)19-5-7-20(8-6-19)37-38(33)35-15-4-16-36-38/h5-10H,2-4,11-17H2,1H3. The third-order valence-corrected chi connectivity index (χ3v) is 8.53. The van der Waals surface area contributed by atoms with E-state index in [1.54, 1.807) is 17.0 Å². The van der Waals surface area contributed by atoms with Gasteiger partial charge in [0.25, 0.3) is 5.91 Å². The van der Waals surface area contributed by atoms with Crippen molar-refractivity contribution in [1.29, 1.82) is 0 Å². The second-order valence-electron chi connectivity index (χ2n) is 8.73. The number of phosphoric ester groups is 1. The number of benzene rings is 2. The van der Waals surface area contributed by atoms with Crippen molar-refractivity contribution in [3.05, 3.63) is 64.2 Å². The van der Waals surface area contributed by atoms with Gasteiger partial charge < -0.3 is 19.1 Å². The van der Waals surface area contributed by atoms with Crippen LogP contribution >= 0.6 is 31.0 Å². The molecule has 0 bridgehead atoms. The maximum atomic E-state index is 12.8. The highest BCUT2D eigenvalue weighted by Gasteiger charge is 2.31. The molecule has 0 unspecified atom stereocenters. The monoisotopic (exact) mass is 582 g/mol. The van der Waals surface area contributed by atoms with E-state index in [9.17, 15) is 14.2 Å². The number of rotatable bonds is 9. The van der Waals surface area contributed by atoms with Crippen molar-refractivity contribution < 1.29 is 32.5 Å². The van der Waals surface area contributed by atoms with Gasteiger partial charge in [0.2, 0.25) is 0 Å². The molecule has 0 spiro atoms. The van der Waals surface area contributed by atoms with Crippen molar-refractivity contribution >= 4 is 48.4 Å². The van der Waals surface area contributed by atoms with E-state index in [0.717, 1.165) is 5.69 Å². The van der Waals surface area contributed by atoms with Gasteiger partial charge in [0.05, 0.1) is 18.2 Å². The number of anilines is 1. The summed E-state index contributed by atoms with van der Waals surface area (Å²) >= 11 is 12.6. The molecule has 0 aliphatic carbocycles. The number of piperazine rings is 1. The van der Waals surface area contributed by atoms with Crippen LogP contribution in [0.5, 0.6) is 11.5 Å². The van der Waals surface area contributed by atoms with E-state index in [4.69, 9.17) is 41.5 Å². The molecule has 4 rings (SSSR count). The summed E-state index contributed by atoms with van der Waals surface area (Å²) in [5.74, 6) is 0.176. The van der Waals surface area contributed by atoms with Crippen LogP contribution in [0, 0.1) is 0 Å². The number of carbonyl (C=O) groups is 2. The number of halogens is 2. The van der Waals surface area contributed by atoms with Gasteiger partial charge in [-0.1, -0.05) is 36.7 Å². The molecular formula is C26H29Cl2N2O7P. The van der Waals surface area contributed by atoms with Crippen molar-refractivity contribution in [2.45, 2.75) is 19.8 Å². The molecule has 0 aromatic heterocycles. The first kappa shape index (κ1) is 28.5. The molecule has 2 aliphatic heterocycles. The maximum Gasteiger partial charge on any atom is 0.530 e. The number of Topliss-reactive ketones (excluding diaryl/α,β-unsaturated/α-hetero) is 1. The number of nitrogens with zero attached hydrogens (tertiary/aromatic N) is 2. The first-order valence-corrected chi connectivity index (χ1v) is 14.5. The molecule has 2 aromatic rings. The van der Waals surface area contributed by atoms with Crippen LogP contribution < -0.4 is 14.2 Å². The first-order valence-electron chi connectivity index (χ1n) is 12.3. The van der Waals surface area contributed by atoms with E-state index in [0.29, 0.717) is 63.6 Å². The van der Waals surface area contributed by atoms with Gasteiger partial charge in [-0.15, -0.1) is 0 Å². The first-order chi connectivity index (χ1) is 18.2. The zero-order valence-electron chi connectivity index (χ0n) is 21.0. The van der Waals surface area contributed by atoms with E-state index < -0.39 is 7.82 Å². The van der Waals surface area contributed by atoms with Crippen molar-refractivity contribution in [3.63, 3.8) is 0 Å². The van der Waals surface area contributed by atoms with Crippen LogP contribution in [0.1, 0.15) is 30.1 Å². The smallest absolute Gasteiger partial charge is 0.482 e. The second-order valence-corrected chi connectivity index (χ2v) is 11.1. The van der Waals surface area contributed by atoms with Crippen molar-refractivity contribution in [1.82, 2.24) is 4.90 Å². The lowest BCUT2D eigenvalue weighted by Gasteiger charge is -2.36. The summed E-state index contributed by atoms with van der Waals surface area (Å²) in [4.78, 5) is 29.0. The van der Waals surface area contributed by atoms with Gasteiger partial charge in [-0.05, 0) is 54.8 Å². The SMILES string of the molecule is C=C(CC)C(=O)c1ccc(OCC(=O)N2CCN(c3ccc(OP4(=O)OCCCO4)cc3)CC2)c(Cl)c1Cl. The molecule has 9 nitrogen and oxygen atoms in total. The average molecular weight is 583 g/mol. The Morgan fingerprint density at radius 2 is 1.66 bits per heavy atom. The molecule has 0 radical (unpaired) electrons. The Kier molecular flexibility index (Phi) is 9.39. The Morgan fingerprint density at radius 3 is 2.29 bits per heavy atom. The van der Waals surface area contributed by atoms with E-state index in [1.807, 2.05) is 19.1 Å². The zero-order chi connectivity index (χ0) is 27.3. The summed E-state index contributed by atoms with van der Waals surface area (Å²) in [6.07, 6.45) is 1.18. The normalized spacial score (nSPS) is 17.1. The number of allylic oxidation sites excluding steroid dienone is 1. The molecule has 2 heterocycles. The highest BCUT2D eigenvalue weighted by atomic mass is 35.5. The van der Waals surface area contributed by atoms with Crippen molar-refractivity contribution in [2.75, 3.05) is 50.9 Å². The Hall–Kier alpha value is -2.55. The van der Waals surface area contributed by atoms with Crippen LogP contribution in [0.15, 0.2) is 48.6 Å². The Bertz CT molecular complexity index is 1240. The lowest BCUT2D eigenvalue weighted by molar-refractivity contribution is -0.133. The number of hydrogen-bond donors (Lipinski definition) is 0. The highest BCUT2D eigenvalue weighted by Crippen LogP contribution is 2.51. The largest absolute Gasteiger partial charge is 0.530 e. The summed E-state index contributed by atoms with van der Waals surface area (Å²) < 4.78 is 33.8. The van der Waals surface area contributed by atoms with Crippen LogP contribution in [0.4, 0.5) is 5.69 Å². The summed E-state index contributed by atoms with van der Waals surface area (Å²) in [5.41, 5.74) is 1.63. The quantitative estimate of drug-likeness (QED) is 0.208. The highest BCUT2D eigenvalue weighted by molar-refractivity contribution is 7.49. The van der Waals surface area contributed by atoms with E-state index in [1.165, 1.54) is 12.1 Å². The number of amides is 1. The number of phosphoric acid groups is 1. The second kappa shape index (κ2) is 12.5. The molecule has 1 amide bonds. The maximum absolute atomic E-state index is 12.8.